The van der Waals surface area contributed by atoms with Gasteiger partial charge in [-0.1, -0.05) is 39.0 Å². The Kier molecular flexibility index (Phi) is 12.5. The van der Waals surface area contributed by atoms with E-state index in [9.17, 15) is 19.5 Å². The molecule has 67 heavy (non-hydrogen) atoms. The number of hydrogen-bond donors (Lipinski definition) is 5. The molecule has 3 aromatic carbocycles. The summed E-state index contributed by atoms with van der Waals surface area (Å²) in [4.78, 5) is 60.6. The van der Waals surface area contributed by atoms with Crippen molar-refractivity contribution >= 4 is 39.9 Å². The third-order valence-electron chi connectivity index (χ3n) is 14.6. The van der Waals surface area contributed by atoms with Gasteiger partial charge in [-0.3, -0.25) is 9.69 Å². The molecule has 5 N–H and O–H groups in total. The van der Waals surface area contributed by atoms with Crippen molar-refractivity contribution in [3.63, 3.8) is 0 Å². The minimum atomic E-state index is -0.993. The maximum absolute atomic E-state index is 14.0. The number of aliphatic hydroxyl groups is 1. The first-order chi connectivity index (χ1) is 31.9. The number of rotatable bonds is 10. The molecular formula is C51H66N8O8. The lowest BCUT2D eigenvalue weighted by atomic mass is 9.74. The van der Waals surface area contributed by atoms with Gasteiger partial charge < -0.3 is 49.6 Å². The van der Waals surface area contributed by atoms with E-state index in [1.807, 2.05) is 58.7 Å². The lowest BCUT2D eigenvalue weighted by Crippen LogP contribution is -2.61. The number of aromatic amines is 2. The molecule has 9 rings (SSSR count). The Hall–Kier alpha value is -5.71. The van der Waals surface area contributed by atoms with Crippen LogP contribution < -0.4 is 15.4 Å². The number of alkyl carbamates (subject to hydrolysis) is 2. The SMILES string of the molecule is COC(=O)N[C@H](C(=O)N1[C@@H](C)CC[C@H]1c1nc2c(ccc3cc4c(cc32)OCc2cc(-c3cnc([C@@H]5CC[C@H](C)N5C(O)[C@@H](NC(=O)OC(C)(C)C)C5(C)CCOCC5)[nH]3)ccc2-4)[nH]1)C(C)C. The molecule has 358 valence electrons. The third kappa shape index (κ3) is 8.95. The maximum Gasteiger partial charge on any atom is 0.408 e. The van der Waals surface area contributed by atoms with Crippen molar-refractivity contribution in [2.45, 2.75) is 149 Å². The van der Waals surface area contributed by atoms with Gasteiger partial charge in [-0.05, 0) is 131 Å². The molecule has 4 aliphatic heterocycles. The molecule has 0 spiro atoms. The van der Waals surface area contributed by atoms with Crippen LogP contribution in [0.2, 0.25) is 0 Å². The summed E-state index contributed by atoms with van der Waals surface area (Å²) in [7, 11) is 1.30. The topological polar surface area (TPSA) is 196 Å². The van der Waals surface area contributed by atoms with E-state index in [4.69, 9.17) is 28.9 Å². The number of hydrogen-bond acceptors (Lipinski definition) is 11. The first kappa shape index (κ1) is 46.4. The van der Waals surface area contributed by atoms with Crippen molar-refractivity contribution in [2.24, 2.45) is 11.3 Å². The Morgan fingerprint density at radius 3 is 2.39 bits per heavy atom. The summed E-state index contributed by atoms with van der Waals surface area (Å²) in [6, 6.07) is 13.0. The summed E-state index contributed by atoms with van der Waals surface area (Å²) in [5.41, 5.74) is 5.57. The zero-order chi connectivity index (χ0) is 47.5. The number of nitrogens with zero attached hydrogens (tertiary/aromatic N) is 4. The molecule has 5 aromatic rings. The quantitative estimate of drug-likeness (QED) is 0.0900. The Balaban J connectivity index is 0.956. The van der Waals surface area contributed by atoms with Crippen LogP contribution in [0.5, 0.6) is 5.75 Å². The standard InChI is InChI=1S/C51H66N8O8/c1-27(2)41(56-48(62)64-9)46(60)58-28(3)11-17-39(58)45-53-36-15-13-30-23-35-33-14-12-31(22-32(33)26-66-40(35)24-34(30)42(36)55-45)37-25-52-44(54-37)38-16-10-29(4)59(38)47(61)43(51(8)18-20-65-21-19-51)57-49(63)67-50(5,6)7/h12-15,22-25,27-29,38-39,41,43,47,61H,10-11,16-21,26H2,1-9H3,(H,52,54)(H,53,55)(H,56,62)(H,57,63)/t28-,29-,38-,39-,41-,43+,47?/m0/s1. The molecule has 6 heterocycles. The number of carbonyl (C=O) groups excluding carboxylic acids is 3. The fourth-order valence-corrected chi connectivity index (χ4v) is 10.9. The third-order valence-corrected chi connectivity index (χ3v) is 14.6. The predicted molar refractivity (Wildman–Crippen MR) is 254 cm³/mol. The molecule has 3 fully saturated rings. The second kappa shape index (κ2) is 18.1. The monoisotopic (exact) mass is 919 g/mol. The maximum atomic E-state index is 14.0. The van der Waals surface area contributed by atoms with Crippen molar-refractivity contribution in [1.29, 1.82) is 0 Å². The molecule has 0 bridgehead atoms. The van der Waals surface area contributed by atoms with Crippen LogP contribution in [0.1, 0.15) is 123 Å². The molecule has 7 atom stereocenters. The van der Waals surface area contributed by atoms with Crippen LogP contribution in [0.4, 0.5) is 9.59 Å². The first-order valence-corrected chi connectivity index (χ1v) is 23.9. The van der Waals surface area contributed by atoms with E-state index in [0.29, 0.717) is 38.5 Å². The molecule has 3 amide bonds. The summed E-state index contributed by atoms with van der Waals surface area (Å²) in [5.74, 6) is 1.97. The van der Waals surface area contributed by atoms with Gasteiger partial charge in [-0.25, -0.2) is 19.6 Å². The smallest absolute Gasteiger partial charge is 0.408 e. The summed E-state index contributed by atoms with van der Waals surface area (Å²) >= 11 is 0. The number of amides is 3. The molecule has 16 heteroatoms. The van der Waals surface area contributed by atoms with Crippen molar-refractivity contribution in [1.82, 2.24) is 40.4 Å². The molecule has 0 radical (unpaired) electrons. The second-order valence-electron chi connectivity index (χ2n) is 20.7. The Labute approximate surface area is 391 Å². The van der Waals surface area contributed by atoms with Gasteiger partial charge in [0.15, 0.2) is 0 Å². The number of H-pyrrole nitrogens is 2. The lowest BCUT2D eigenvalue weighted by Gasteiger charge is -2.46. The summed E-state index contributed by atoms with van der Waals surface area (Å²) < 4.78 is 22.7. The van der Waals surface area contributed by atoms with Crippen molar-refractivity contribution in [3.8, 4) is 28.1 Å². The zero-order valence-electron chi connectivity index (χ0n) is 40.2. The summed E-state index contributed by atoms with van der Waals surface area (Å²) in [6.07, 6.45) is 4.31. The zero-order valence-corrected chi connectivity index (χ0v) is 40.2. The predicted octanol–water partition coefficient (Wildman–Crippen LogP) is 8.65. The van der Waals surface area contributed by atoms with Crippen LogP contribution in [-0.4, -0.2) is 109 Å². The van der Waals surface area contributed by atoms with Gasteiger partial charge in [-0.15, -0.1) is 0 Å². The van der Waals surface area contributed by atoms with E-state index in [2.05, 4.69) is 75.7 Å². The first-order valence-electron chi connectivity index (χ1n) is 23.9. The Morgan fingerprint density at radius 2 is 1.66 bits per heavy atom. The number of aromatic nitrogens is 4. The van der Waals surface area contributed by atoms with Crippen LogP contribution >= 0.6 is 0 Å². The van der Waals surface area contributed by atoms with Gasteiger partial charge >= 0.3 is 12.2 Å². The molecule has 0 saturated carbocycles. The number of ether oxygens (including phenoxy) is 4. The van der Waals surface area contributed by atoms with Crippen LogP contribution in [-0.2, 0) is 25.6 Å². The highest BCUT2D eigenvalue weighted by Gasteiger charge is 2.48. The van der Waals surface area contributed by atoms with Crippen molar-refractivity contribution < 1.29 is 38.4 Å². The Bertz CT molecular complexity index is 2660. The number of fused-ring (bicyclic) bond motifs is 6. The van der Waals surface area contributed by atoms with Crippen molar-refractivity contribution in [3.05, 3.63) is 65.9 Å². The molecular weight excluding hydrogens is 853 g/mol. The van der Waals surface area contributed by atoms with Crippen LogP contribution in [0.3, 0.4) is 0 Å². The van der Waals surface area contributed by atoms with E-state index in [0.717, 1.165) is 87.0 Å². The number of aliphatic hydroxyl groups excluding tert-OH is 1. The molecule has 16 nitrogen and oxygen atoms in total. The highest BCUT2D eigenvalue weighted by molar-refractivity contribution is 6.07. The number of likely N-dealkylation sites (tertiary alicyclic amines) is 2. The molecule has 4 aliphatic rings. The summed E-state index contributed by atoms with van der Waals surface area (Å²) in [6.45, 7) is 17.1. The highest BCUT2D eigenvalue weighted by atomic mass is 16.6. The largest absolute Gasteiger partial charge is 0.488 e. The van der Waals surface area contributed by atoms with E-state index in [1.54, 1.807) is 0 Å². The van der Waals surface area contributed by atoms with Crippen LogP contribution in [0.15, 0.2) is 48.7 Å². The molecule has 2 aromatic heterocycles. The number of methoxy groups -OCH3 is 1. The normalized spacial score (nSPS) is 23.1. The van der Waals surface area contributed by atoms with E-state index >= 15 is 0 Å². The van der Waals surface area contributed by atoms with Crippen molar-refractivity contribution in [2.75, 3.05) is 20.3 Å². The van der Waals surface area contributed by atoms with Gasteiger partial charge in [-0.2, -0.15) is 0 Å². The number of benzene rings is 3. The number of nitrogens with one attached hydrogen (secondary N) is 4. The minimum absolute atomic E-state index is 0.0274. The second-order valence-corrected chi connectivity index (χ2v) is 20.7. The van der Waals surface area contributed by atoms with Crippen LogP contribution in [0, 0.1) is 11.3 Å². The Morgan fingerprint density at radius 1 is 0.910 bits per heavy atom. The van der Waals surface area contributed by atoms with Gasteiger partial charge in [0.1, 0.15) is 41.9 Å². The molecule has 0 aliphatic carbocycles. The molecule has 1 unspecified atom stereocenters. The van der Waals surface area contributed by atoms with E-state index in [-0.39, 0.29) is 36.0 Å². The van der Waals surface area contributed by atoms with Gasteiger partial charge in [0.25, 0.3) is 0 Å². The van der Waals surface area contributed by atoms with Gasteiger partial charge in [0, 0.05) is 36.2 Å². The summed E-state index contributed by atoms with van der Waals surface area (Å²) in [5, 5.41) is 20.1. The lowest BCUT2D eigenvalue weighted by molar-refractivity contribution is -0.137. The van der Waals surface area contributed by atoms with E-state index in [1.165, 1.54) is 7.11 Å². The minimum Gasteiger partial charge on any atom is -0.488 e. The molecule has 3 saturated heterocycles. The van der Waals surface area contributed by atoms with Gasteiger partial charge in [0.2, 0.25) is 5.91 Å². The number of carbonyl (C=O) groups is 3. The average Bonchev–Trinajstić information content (AvgIpc) is 4.11. The highest BCUT2D eigenvalue weighted by Crippen LogP contribution is 2.45. The van der Waals surface area contributed by atoms with Crippen LogP contribution in [0.25, 0.3) is 44.2 Å². The fraction of sp³-hybridized carbons (Fsp3) is 0.549. The average molecular weight is 919 g/mol. The van der Waals surface area contributed by atoms with Gasteiger partial charge in [0.05, 0.1) is 48.2 Å². The number of imidazole rings is 2. The van der Waals surface area contributed by atoms with E-state index < -0.39 is 41.5 Å². The fourth-order valence-electron chi connectivity index (χ4n) is 10.9.